The molecule has 9 heteroatoms. The number of aromatic nitrogens is 3. The number of amides is 2. The molecule has 1 atom stereocenters. The first kappa shape index (κ1) is 16.8. The van der Waals surface area contributed by atoms with Gasteiger partial charge in [-0.1, -0.05) is 0 Å². The van der Waals surface area contributed by atoms with Crippen LogP contribution in [0.1, 0.15) is 34.0 Å². The molecule has 0 aromatic carbocycles. The van der Waals surface area contributed by atoms with Gasteiger partial charge in [-0.3, -0.25) is 19.1 Å². The fourth-order valence-electron chi connectivity index (χ4n) is 3.26. The second kappa shape index (κ2) is 6.27. The molecule has 0 spiro atoms. The molecule has 27 heavy (non-hydrogen) atoms. The Labute approximate surface area is 153 Å². The van der Waals surface area contributed by atoms with Crippen molar-refractivity contribution in [1.29, 1.82) is 0 Å². The molecular weight excluding hydrogens is 350 g/mol. The molecule has 9 nitrogen and oxygen atoms in total. The number of rotatable bonds is 3. The van der Waals surface area contributed by atoms with Gasteiger partial charge in [0.2, 0.25) is 5.91 Å². The fraction of sp³-hybridized carbons (Fsp3) is 0.222. The van der Waals surface area contributed by atoms with Crippen molar-refractivity contribution in [2.45, 2.75) is 12.3 Å². The number of carbonyl (C=O) groups excluding carboxylic acids is 2. The lowest BCUT2D eigenvalue weighted by atomic mass is 9.91. The quantitative estimate of drug-likeness (QED) is 0.728. The summed E-state index contributed by atoms with van der Waals surface area (Å²) in [6.07, 6.45) is 3.27. The largest absolute Gasteiger partial charge is 0.469 e. The van der Waals surface area contributed by atoms with E-state index >= 15 is 0 Å². The average molecular weight is 367 g/mol. The molecular formula is C18H17N5O4. The minimum atomic E-state index is -0.563. The number of anilines is 2. The summed E-state index contributed by atoms with van der Waals surface area (Å²) in [5.74, 6) is 0.263. The van der Waals surface area contributed by atoms with Crippen molar-refractivity contribution in [3.8, 4) is 0 Å². The minimum Gasteiger partial charge on any atom is -0.469 e. The third kappa shape index (κ3) is 2.82. The van der Waals surface area contributed by atoms with E-state index in [0.29, 0.717) is 17.1 Å². The maximum Gasteiger partial charge on any atom is 0.263 e. The van der Waals surface area contributed by atoms with E-state index in [2.05, 4.69) is 15.7 Å². The van der Waals surface area contributed by atoms with Gasteiger partial charge in [0, 0.05) is 26.7 Å². The zero-order chi connectivity index (χ0) is 19.1. The first-order valence-electron chi connectivity index (χ1n) is 8.33. The Hall–Kier alpha value is -3.62. The third-order valence-electron chi connectivity index (χ3n) is 4.57. The van der Waals surface area contributed by atoms with Crippen LogP contribution in [0, 0.1) is 0 Å². The number of hydrogen-bond acceptors (Lipinski definition) is 5. The van der Waals surface area contributed by atoms with Crippen LogP contribution in [0.3, 0.4) is 0 Å². The summed E-state index contributed by atoms with van der Waals surface area (Å²) in [5.41, 5.74) is 0.248. The van der Waals surface area contributed by atoms with Crippen LogP contribution in [0.15, 0.2) is 45.9 Å². The Morgan fingerprint density at radius 3 is 2.85 bits per heavy atom. The van der Waals surface area contributed by atoms with Crippen LogP contribution in [0.5, 0.6) is 0 Å². The first-order chi connectivity index (χ1) is 13.0. The number of fused-ring (bicyclic) bond motifs is 1. The summed E-state index contributed by atoms with van der Waals surface area (Å²) in [5, 5.41) is 9.81. The number of hydrogen-bond donors (Lipinski definition) is 2. The van der Waals surface area contributed by atoms with Gasteiger partial charge in [-0.05, 0) is 24.3 Å². The Morgan fingerprint density at radius 2 is 2.11 bits per heavy atom. The highest BCUT2D eigenvalue weighted by atomic mass is 16.3. The highest BCUT2D eigenvalue weighted by Gasteiger charge is 2.35. The maximum atomic E-state index is 12.7. The monoisotopic (exact) mass is 367 g/mol. The first-order valence-corrected chi connectivity index (χ1v) is 8.33. The number of nitrogens with zero attached hydrogens (tertiary/aromatic N) is 3. The normalized spacial score (nSPS) is 15.9. The van der Waals surface area contributed by atoms with Gasteiger partial charge in [-0.2, -0.15) is 5.10 Å². The van der Waals surface area contributed by atoms with Gasteiger partial charge in [0.25, 0.3) is 11.5 Å². The van der Waals surface area contributed by atoms with E-state index in [1.165, 1.54) is 21.6 Å². The minimum absolute atomic E-state index is 0.00815. The highest BCUT2D eigenvalue weighted by molar-refractivity contribution is 6.05. The van der Waals surface area contributed by atoms with Gasteiger partial charge in [0.1, 0.15) is 17.1 Å². The van der Waals surface area contributed by atoms with E-state index < -0.39 is 11.5 Å². The Morgan fingerprint density at radius 1 is 1.30 bits per heavy atom. The van der Waals surface area contributed by atoms with Crippen LogP contribution in [0.2, 0.25) is 0 Å². The number of carbonyl (C=O) groups is 2. The van der Waals surface area contributed by atoms with E-state index in [-0.39, 0.29) is 29.6 Å². The second-order valence-electron chi connectivity index (χ2n) is 6.35. The van der Waals surface area contributed by atoms with Gasteiger partial charge in [0.05, 0.1) is 17.7 Å². The van der Waals surface area contributed by atoms with Crippen LogP contribution in [0.25, 0.3) is 0 Å². The van der Waals surface area contributed by atoms with Crippen LogP contribution >= 0.6 is 0 Å². The molecule has 0 radical (unpaired) electrons. The summed E-state index contributed by atoms with van der Waals surface area (Å²) in [6, 6.07) is 6.59. The van der Waals surface area contributed by atoms with Crippen molar-refractivity contribution in [2.24, 2.45) is 14.1 Å². The van der Waals surface area contributed by atoms with E-state index in [9.17, 15) is 14.4 Å². The number of furan rings is 1. The molecule has 1 aliphatic rings. The predicted octanol–water partition coefficient (Wildman–Crippen LogP) is 1.44. The van der Waals surface area contributed by atoms with Crippen LogP contribution in [0.4, 0.5) is 11.6 Å². The number of aryl methyl sites for hydroxylation is 2. The summed E-state index contributed by atoms with van der Waals surface area (Å²) < 4.78 is 8.30. The molecule has 0 unspecified atom stereocenters. The van der Waals surface area contributed by atoms with E-state index in [1.807, 2.05) is 0 Å². The van der Waals surface area contributed by atoms with Gasteiger partial charge >= 0.3 is 0 Å². The SMILES string of the molecule is Cn1nc(NC(=O)c2cccn(C)c2=O)c2c1NC(=O)C[C@H]2c1ccco1. The fourth-order valence-corrected chi connectivity index (χ4v) is 3.26. The smallest absolute Gasteiger partial charge is 0.263 e. The van der Waals surface area contributed by atoms with Crippen LogP contribution < -0.4 is 16.2 Å². The van der Waals surface area contributed by atoms with E-state index in [1.54, 1.807) is 38.5 Å². The standard InChI is InChI=1S/C18H17N5O4/c1-22-7-3-5-10(18(22)26)17(25)20-15-14-11(12-6-4-8-27-12)9-13(24)19-16(14)23(2)21-15/h3-8,11H,9H2,1-2H3,(H,19,24)(H,20,21,25)/t11-/m0/s1. The molecule has 138 valence electrons. The van der Waals surface area contributed by atoms with Crippen molar-refractivity contribution < 1.29 is 14.0 Å². The van der Waals surface area contributed by atoms with Crippen molar-refractivity contribution in [2.75, 3.05) is 10.6 Å². The summed E-state index contributed by atoms with van der Waals surface area (Å²) in [4.78, 5) is 36.9. The van der Waals surface area contributed by atoms with Gasteiger partial charge < -0.3 is 19.6 Å². The maximum absolute atomic E-state index is 12.7. The van der Waals surface area contributed by atoms with Gasteiger partial charge in [-0.15, -0.1) is 0 Å². The Bertz CT molecular complexity index is 1090. The predicted molar refractivity (Wildman–Crippen MR) is 96.6 cm³/mol. The molecule has 2 amide bonds. The summed E-state index contributed by atoms with van der Waals surface area (Å²) in [7, 11) is 3.24. The molecule has 0 bridgehead atoms. The number of pyridine rings is 1. The Balaban J connectivity index is 1.76. The second-order valence-corrected chi connectivity index (χ2v) is 6.35. The molecule has 0 fully saturated rings. The van der Waals surface area contributed by atoms with Crippen molar-refractivity contribution in [3.63, 3.8) is 0 Å². The van der Waals surface area contributed by atoms with Crippen LogP contribution in [-0.4, -0.2) is 26.2 Å². The average Bonchev–Trinajstić information content (AvgIpc) is 3.26. The lowest BCUT2D eigenvalue weighted by Crippen LogP contribution is -2.28. The zero-order valence-corrected chi connectivity index (χ0v) is 14.7. The molecule has 0 saturated carbocycles. The van der Waals surface area contributed by atoms with E-state index in [0.717, 1.165) is 0 Å². The Kier molecular flexibility index (Phi) is 3.91. The third-order valence-corrected chi connectivity index (χ3v) is 4.57. The molecule has 3 aromatic heterocycles. The van der Waals surface area contributed by atoms with Crippen LogP contribution in [-0.2, 0) is 18.9 Å². The van der Waals surface area contributed by atoms with Gasteiger partial charge in [0.15, 0.2) is 5.82 Å². The topological polar surface area (TPSA) is 111 Å². The lowest BCUT2D eigenvalue weighted by molar-refractivity contribution is -0.116. The zero-order valence-electron chi connectivity index (χ0n) is 14.7. The molecule has 2 N–H and O–H groups in total. The highest BCUT2D eigenvalue weighted by Crippen LogP contribution is 2.41. The lowest BCUT2D eigenvalue weighted by Gasteiger charge is -2.22. The molecule has 4 rings (SSSR count). The van der Waals surface area contributed by atoms with E-state index in [4.69, 9.17) is 4.42 Å². The van der Waals surface area contributed by atoms with Crippen molar-refractivity contribution >= 4 is 23.5 Å². The summed E-state index contributed by atoms with van der Waals surface area (Å²) in [6.45, 7) is 0. The molecule has 0 aliphatic carbocycles. The van der Waals surface area contributed by atoms with Crippen molar-refractivity contribution in [1.82, 2.24) is 14.3 Å². The molecule has 0 saturated heterocycles. The van der Waals surface area contributed by atoms with Crippen molar-refractivity contribution in [3.05, 3.63) is 64.0 Å². The van der Waals surface area contributed by atoms with Gasteiger partial charge in [-0.25, -0.2) is 0 Å². The molecule has 3 aromatic rings. The molecule has 4 heterocycles. The number of nitrogens with one attached hydrogen (secondary N) is 2. The summed E-state index contributed by atoms with van der Waals surface area (Å²) >= 11 is 0. The molecule has 1 aliphatic heterocycles.